The summed E-state index contributed by atoms with van der Waals surface area (Å²) >= 11 is 6.36. The Bertz CT molecular complexity index is 1380. The number of anilines is 1. The van der Waals surface area contributed by atoms with Gasteiger partial charge in [0, 0.05) is 18.1 Å². The van der Waals surface area contributed by atoms with Crippen molar-refractivity contribution in [1.82, 2.24) is 10.2 Å². The molecule has 0 aromatic heterocycles. The predicted molar refractivity (Wildman–Crippen MR) is 159 cm³/mol. The first-order valence-electron chi connectivity index (χ1n) is 13.0. The number of benzene rings is 3. The number of nitrogens with one attached hydrogen (secondary N) is 1. The zero-order valence-electron chi connectivity index (χ0n) is 23.2. The van der Waals surface area contributed by atoms with Crippen LogP contribution in [0.15, 0.2) is 78.9 Å². The fraction of sp³-hybridized carbons (Fsp3) is 0.333. The third-order valence-corrected chi connectivity index (χ3v) is 7.71. The average molecular weight is 586 g/mol. The first-order valence-corrected chi connectivity index (χ1v) is 15.2. The molecule has 3 aromatic rings. The van der Waals surface area contributed by atoms with E-state index >= 15 is 0 Å². The van der Waals surface area contributed by atoms with E-state index in [1.807, 2.05) is 44.2 Å². The van der Waals surface area contributed by atoms with Crippen molar-refractivity contribution in [3.05, 3.63) is 95.0 Å². The highest BCUT2D eigenvalue weighted by Crippen LogP contribution is 2.24. The quantitative estimate of drug-likeness (QED) is 0.309. The molecule has 0 bridgehead atoms. The van der Waals surface area contributed by atoms with E-state index in [9.17, 15) is 18.0 Å². The second kappa shape index (κ2) is 14.2. The maximum atomic E-state index is 13.7. The lowest BCUT2D eigenvalue weighted by Gasteiger charge is -2.31. The van der Waals surface area contributed by atoms with Crippen LogP contribution in [0.1, 0.15) is 31.9 Å². The largest absolute Gasteiger partial charge is 0.489 e. The Morgan fingerprint density at radius 3 is 2.15 bits per heavy atom. The molecule has 1 atom stereocenters. The van der Waals surface area contributed by atoms with E-state index in [0.717, 1.165) is 16.1 Å². The van der Waals surface area contributed by atoms with Crippen molar-refractivity contribution in [2.45, 2.75) is 40.0 Å². The molecule has 2 amide bonds. The van der Waals surface area contributed by atoms with Crippen LogP contribution in [0.4, 0.5) is 5.69 Å². The molecule has 0 aliphatic carbocycles. The van der Waals surface area contributed by atoms with E-state index in [-0.39, 0.29) is 18.4 Å². The van der Waals surface area contributed by atoms with Crippen LogP contribution in [-0.2, 0) is 32.8 Å². The van der Waals surface area contributed by atoms with Crippen molar-refractivity contribution >= 4 is 39.1 Å². The Kier molecular flexibility index (Phi) is 11.0. The van der Waals surface area contributed by atoms with Gasteiger partial charge in [-0.1, -0.05) is 74.0 Å². The van der Waals surface area contributed by atoms with Gasteiger partial charge in [-0.25, -0.2) is 8.42 Å². The Morgan fingerprint density at radius 1 is 0.925 bits per heavy atom. The van der Waals surface area contributed by atoms with E-state index in [4.69, 9.17) is 16.3 Å². The fourth-order valence-corrected chi connectivity index (χ4v) is 4.95. The number of rotatable bonds is 13. The molecule has 0 fully saturated rings. The zero-order chi connectivity index (χ0) is 29.3. The minimum Gasteiger partial charge on any atom is -0.489 e. The number of nitrogens with zero attached hydrogens (tertiary/aromatic N) is 2. The minimum absolute atomic E-state index is 0.0403. The molecule has 0 aliphatic rings. The number of carbonyl (C=O) groups is 2. The molecule has 0 aliphatic heterocycles. The monoisotopic (exact) mass is 585 g/mol. The number of amides is 2. The van der Waals surface area contributed by atoms with E-state index < -0.39 is 28.5 Å². The summed E-state index contributed by atoms with van der Waals surface area (Å²) in [5.41, 5.74) is 1.95. The Labute approximate surface area is 241 Å². The van der Waals surface area contributed by atoms with Gasteiger partial charge in [-0.15, -0.1) is 0 Å². The summed E-state index contributed by atoms with van der Waals surface area (Å²) < 4.78 is 32.4. The van der Waals surface area contributed by atoms with Gasteiger partial charge >= 0.3 is 0 Å². The molecule has 3 rings (SSSR count). The molecule has 214 valence electrons. The summed E-state index contributed by atoms with van der Waals surface area (Å²) in [6, 6.07) is 22.3. The molecule has 0 saturated heterocycles. The van der Waals surface area contributed by atoms with E-state index in [0.29, 0.717) is 35.2 Å². The van der Waals surface area contributed by atoms with Gasteiger partial charge in [0.2, 0.25) is 21.8 Å². The van der Waals surface area contributed by atoms with Crippen LogP contribution in [-0.4, -0.2) is 50.5 Å². The maximum Gasteiger partial charge on any atom is 0.244 e. The minimum atomic E-state index is -3.84. The molecule has 40 heavy (non-hydrogen) atoms. The van der Waals surface area contributed by atoms with Crippen molar-refractivity contribution in [3.8, 4) is 5.75 Å². The topological polar surface area (TPSA) is 96.0 Å². The van der Waals surface area contributed by atoms with Crippen molar-refractivity contribution < 1.29 is 22.7 Å². The van der Waals surface area contributed by atoms with Gasteiger partial charge in [-0.2, -0.15) is 0 Å². The normalized spacial score (nSPS) is 12.1. The molecular formula is C30H36ClN3O5S. The number of sulfonamides is 1. The second-order valence-corrected chi connectivity index (χ2v) is 12.3. The molecule has 0 radical (unpaired) electrons. The van der Waals surface area contributed by atoms with E-state index in [2.05, 4.69) is 5.32 Å². The average Bonchev–Trinajstić information content (AvgIpc) is 2.93. The molecule has 3 aromatic carbocycles. The van der Waals surface area contributed by atoms with Gasteiger partial charge in [0.05, 0.1) is 11.9 Å². The molecule has 10 heteroatoms. The van der Waals surface area contributed by atoms with Gasteiger partial charge in [0.1, 0.15) is 24.9 Å². The molecule has 0 heterocycles. The number of hydrogen-bond donors (Lipinski definition) is 1. The van der Waals surface area contributed by atoms with Crippen LogP contribution < -0.4 is 14.4 Å². The Balaban J connectivity index is 1.82. The van der Waals surface area contributed by atoms with Gasteiger partial charge in [0.25, 0.3) is 0 Å². The van der Waals surface area contributed by atoms with Gasteiger partial charge in [0.15, 0.2) is 0 Å². The number of ether oxygens (including phenoxy) is 1. The summed E-state index contributed by atoms with van der Waals surface area (Å²) in [7, 11) is -3.84. The maximum absolute atomic E-state index is 13.7. The van der Waals surface area contributed by atoms with Crippen LogP contribution >= 0.6 is 11.6 Å². The molecule has 0 saturated carbocycles. The lowest BCUT2D eigenvalue weighted by molar-refractivity contribution is -0.139. The van der Waals surface area contributed by atoms with Crippen molar-refractivity contribution in [3.63, 3.8) is 0 Å². The summed E-state index contributed by atoms with van der Waals surface area (Å²) in [6.45, 7) is 5.93. The fourth-order valence-electron chi connectivity index (χ4n) is 3.91. The smallest absolute Gasteiger partial charge is 0.244 e. The lowest BCUT2D eigenvalue weighted by Crippen LogP contribution is -2.51. The van der Waals surface area contributed by atoms with Crippen molar-refractivity contribution in [2.75, 3.05) is 23.7 Å². The number of hydrogen-bond acceptors (Lipinski definition) is 5. The van der Waals surface area contributed by atoms with Crippen LogP contribution in [0.5, 0.6) is 5.75 Å². The third kappa shape index (κ3) is 8.99. The van der Waals surface area contributed by atoms with Crippen LogP contribution in [0.3, 0.4) is 0 Å². The van der Waals surface area contributed by atoms with Crippen LogP contribution in [0.25, 0.3) is 0 Å². The molecule has 0 spiro atoms. The van der Waals surface area contributed by atoms with Crippen LogP contribution in [0.2, 0.25) is 5.02 Å². The van der Waals surface area contributed by atoms with E-state index in [1.54, 1.807) is 55.5 Å². The van der Waals surface area contributed by atoms with Crippen molar-refractivity contribution in [1.29, 1.82) is 0 Å². The zero-order valence-corrected chi connectivity index (χ0v) is 24.8. The predicted octanol–water partition coefficient (Wildman–Crippen LogP) is 4.87. The van der Waals surface area contributed by atoms with Gasteiger partial charge < -0.3 is 15.0 Å². The number of halogens is 1. The lowest BCUT2D eigenvalue weighted by atomic mass is 10.1. The highest BCUT2D eigenvalue weighted by Gasteiger charge is 2.30. The highest BCUT2D eigenvalue weighted by atomic mass is 35.5. The summed E-state index contributed by atoms with van der Waals surface area (Å²) in [6.07, 6.45) is 1.04. The first kappa shape index (κ1) is 31.0. The third-order valence-electron chi connectivity index (χ3n) is 6.20. The standard InChI is InChI=1S/C30H36ClN3O5S/c1-22(2)18-32-30(36)23(3)33(19-25-12-8-9-13-28(25)31)29(35)20-34(40(4,37)38)26-14-16-27(17-15-26)39-21-24-10-6-5-7-11-24/h5-17,22-23H,18-21H2,1-4H3,(H,32,36)/t23-/m0/s1. The Morgan fingerprint density at radius 2 is 1.55 bits per heavy atom. The van der Waals surface area contributed by atoms with Gasteiger partial charge in [-0.05, 0) is 54.3 Å². The summed E-state index contributed by atoms with van der Waals surface area (Å²) in [5, 5.41) is 3.30. The first-order chi connectivity index (χ1) is 19.0. The van der Waals surface area contributed by atoms with Gasteiger partial charge in [-0.3, -0.25) is 13.9 Å². The van der Waals surface area contributed by atoms with Crippen LogP contribution in [0, 0.1) is 5.92 Å². The summed E-state index contributed by atoms with van der Waals surface area (Å²) in [5.74, 6) is -0.0886. The van der Waals surface area contributed by atoms with E-state index in [1.165, 1.54) is 4.90 Å². The molecule has 1 N–H and O–H groups in total. The summed E-state index contributed by atoms with van der Waals surface area (Å²) in [4.78, 5) is 28.0. The molecule has 8 nitrogen and oxygen atoms in total. The highest BCUT2D eigenvalue weighted by molar-refractivity contribution is 7.92. The molecule has 0 unspecified atom stereocenters. The second-order valence-electron chi connectivity index (χ2n) is 9.97. The SMILES string of the molecule is CC(C)CNC(=O)[C@H](C)N(Cc1ccccc1Cl)C(=O)CN(c1ccc(OCc2ccccc2)cc1)S(C)(=O)=O. The molecular weight excluding hydrogens is 550 g/mol. The Hall–Kier alpha value is -3.56. The van der Waals surface area contributed by atoms with Crippen molar-refractivity contribution in [2.24, 2.45) is 5.92 Å². The number of carbonyl (C=O) groups excluding carboxylic acids is 2.